The largest absolute Gasteiger partial charge is 0.456 e. The van der Waals surface area contributed by atoms with Crippen LogP contribution in [0.25, 0.3) is 21.9 Å². The molecule has 0 saturated heterocycles. The maximum absolute atomic E-state index is 14.1. The van der Waals surface area contributed by atoms with E-state index in [4.69, 9.17) is 4.42 Å². The lowest BCUT2D eigenvalue weighted by Gasteiger charge is -2.22. The van der Waals surface area contributed by atoms with E-state index in [1.54, 1.807) is 18.2 Å². The number of nitrogens with zero attached hydrogens (tertiary/aromatic N) is 1. The summed E-state index contributed by atoms with van der Waals surface area (Å²) in [7, 11) is -3.69. The van der Waals surface area contributed by atoms with Gasteiger partial charge < -0.3 is 9.73 Å². The van der Waals surface area contributed by atoms with Crippen molar-refractivity contribution in [2.45, 2.75) is 12.8 Å². The third-order valence-corrected chi connectivity index (χ3v) is 6.13. The smallest absolute Gasteiger partial charge is 0.232 e. The third-order valence-electron chi connectivity index (χ3n) is 4.95. The van der Waals surface area contributed by atoms with E-state index in [2.05, 4.69) is 5.32 Å². The second-order valence-corrected chi connectivity index (χ2v) is 9.15. The zero-order chi connectivity index (χ0) is 22.0. The first-order chi connectivity index (χ1) is 14.8. The number of para-hydroxylation sites is 2. The first-order valence-corrected chi connectivity index (χ1v) is 11.6. The number of sulfonamides is 1. The highest BCUT2D eigenvalue weighted by atomic mass is 32.2. The molecule has 0 atom stereocenters. The molecule has 160 valence electrons. The molecule has 0 aliphatic rings. The number of carbonyl (C=O) groups excluding carboxylic acids is 1. The summed E-state index contributed by atoms with van der Waals surface area (Å²) >= 11 is 0. The molecule has 4 aromatic rings. The summed E-state index contributed by atoms with van der Waals surface area (Å²) in [5, 5.41) is 4.77. The van der Waals surface area contributed by atoms with E-state index in [0.717, 1.165) is 26.9 Å². The quantitative estimate of drug-likeness (QED) is 0.443. The Morgan fingerprint density at radius 2 is 1.71 bits per heavy atom. The highest BCUT2D eigenvalue weighted by Gasteiger charge is 2.20. The van der Waals surface area contributed by atoms with Gasteiger partial charge in [0.15, 0.2) is 0 Å². The molecular formula is C23H21FN2O4S. The van der Waals surface area contributed by atoms with E-state index in [1.165, 1.54) is 18.2 Å². The summed E-state index contributed by atoms with van der Waals surface area (Å²) in [4.78, 5) is 12.4. The number of nitrogens with one attached hydrogen (secondary N) is 1. The van der Waals surface area contributed by atoms with Crippen LogP contribution >= 0.6 is 0 Å². The van der Waals surface area contributed by atoms with Crippen LogP contribution in [-0.4, -0.2) is 27.1 Å². The van der Waals surface area contributed by atoms with E-state index in [-0.39, 0.29) is 31.0 Å². The van der Waals surface area contributed by atoms with Gasteiger partial charge in [-0.3, -0.25) is 9.10 Å². The van der Waals surface area contributed by atoms with Crippen LogP contribution in [0.1, 0.15) is 12.8 Å². The predicted molar refractivity (Wildman–Crippen MR) is 120 cm³/mol. The number of anilines is 2. The molecule has 1 aromatic heterocycles. The Bertz CT molecular complexity index is 1360. The Morgan fingerprint density at radius 3 is 2.48 bits per heavy atom. The fraction of sp³-hybridized carbons (Fsp3) is 0.174. The number of furan rings is 1. The minimum absolute atomic E-state index is 0.00417. The number of hydrogen-bond donors (Lipinski definition) is 1. The second kappa shape index (κ2) is 8.39. The fourth-order valence-electron chi connectivity index (χ4n) is 3.53. The van der Waals surface area contributed by atoms with Crippen molar-refractivity contribution in [3.63, 3.8) is 0 Å². The normalized spacial score (nSPS) is 11.7. The van der Waals surface area contributed by atoms with E-state index in [0.29, 0.717) is 11.3 Å². The molecule has 0 bridgehead atoms. The Hall–Kier alpha value is -3.39. The SMILES string of the molecule is CS(=O)(=O)N(CCCC(=O)Nc1ccc2c(c1)oc1ccccc12)c1ccccc1F. The molecule has 1 N–H and O–H groups in total. The Kier molecular flexibility index (Phi) is 5.65. The van der Waals surface area contributed by atoms with Gasteiger partial charge in [-0.15, -0.1) is 0 Å². The summed E-state index contributed by atoms with van der Waals surface area (Å²) in [5.41, 5.74) is 2.00. The van der Waals surface area contributed by atoms with Gasteiger partial charge in [-0.2, -0.15) is 0 Å². The van der Waals surface area contributed by atoms with Crippen LogP contribution in [0.3, 0.4) is 0 Å². The van der Waals surface area contributed by atoms with Crippen LogP contribution in [0.15, 0.2) is 71.1 Å². The average molecular weight is 440 g/mol. The van der Waals surface area contributed by atoms with Crippen molar-refractivity contribution in [1.82, 2.24) is 0 Å². The van der Waals surface area contributed by atoms with Crippen molar-refractivity contribution in [3.8, 4) is 0 Å². The van der Waals surface area contributed by atoms with Gasteiger partial charge in [-0.1, -0.05) is 30.3 Å². The lowest BCUT2D eigenvalue weighted by atomic mass is 10.1. The van der Waals surface area contributed by atoms with E-state index in [1.807, 2.05) is 30.3 Å². The Morgan fingerprint density at radius 1 is 1.00 bits per heavy atom. The highest BCUT2D eigenvalue weighted by molar-refractivity contribution is 7.92. The number of amides is 1. The minimum Gasteiger partial charge on any atom is -0.456 e. The number of hydrogen-bond acceptors (Lipinski definition) is 4. The number of carbonyl (C=O) groups is 1. The summed E-state index contributed by atoms with van der Waals surface area (Å²) in [6, 6.07) is 18.8. The van der Waals surface area contributed by atoms with Crippen molar-refractivity contribution >= 4 is 49.2 Å². The minimum atomic E-state index is -3.69. The molecule has 1 amide bonds. The molecule has 0 fully saturated rings. The molecule has 0 spiro atoms. The summed E-state index contributed by atoms with van der Waals surface area (Å²) in [6.45, 7) is -0.00417. The van der Waals surface area contributed by atoms with Gasteiger partial charge in [0.05, 0.1) is 11.9 Å². The highest BCUT2D eigenvalue weighted by Crippen LogP contribution is 2.30. The number of rotatable bonds is 7. The third kappa shape index (κ3) is 4.54. The molecule has 31 heavy (non-hydrogen) atoms. The van der Waals surface area contributed by atoms with Gasteiger partial charge in [-0.25, -0.2) is 12.8 Å². The van der Waals surface area contributed by atoms with Crippen molar-refractivity contribution in [1.29, 1.82) is 0 Å². The van der Waals surface area contributed by atoms with Crippen molar-refractivity contribution in [3.05, 3.63) is 72.5 Å². The number of halogens is 1. The fourth-order valence-corrected chi connectivity index (χ4v) is 4.50. The molecule has 8 heteroatoms. The molecule has 0 unspecified atom stereocenters. The van der Waals surface area contributed by atoms with Gasteiger partial charge in [0.1, 0.15) is 17.0 Å². The van der Waals surface area contributed by atoms with E-state index >= 15 is 0 Å². The maximum Gasteiger partial charge on any atom is 0.232 e. The van der Waals surface area contributed by atoms with Gasteiger partial charge in [-0.05, 0) is 36.8 Å². The van der Waals surface area contributed by atoms with Crippen LogP contribution in [0.4, 0.5) is 15.8 Å². The molecule has 0 aliphatic carbocycles. The lowest BCUT2D eigenvalue weighted by Crippen LogP contribution is -2.32. The second-order valence-electron chi connectivity index (χ2n) is 7.25. The van der Waals surface area contributed by atoms with Crippen molar-refractivity contribution in [2.24, 2.45) is 0 Å². The summed E-state index contributed by atoms with van der Waals surface area (Å²) in [6.07, 6.45) is 1.33. The number of benzene rings is 3. The zero-order valence-corrected chi connectivity index (χ0v) is 17.7. The first-order valence-electron chi connectivity index (χ1n) is 9.76. The van der Waals surface area contributed by atoms with Crippen LogP contribution in [0.5, 0.6) is 0 Å². The molecule has 0 radical (unpaired) electrons. The molecule has 0 saturated carbocycles. The van der Waals surface area contributed by atoms with Crippen LogP contribution < -0.4 is 9.62 Å². The predicted octanol–water partition coefficient (Wildman–Crippen LogP) is 4.91. The van der Waals surface area contributed by atoms with Gasteiger partial charge >= 0.3 is 0 Å². The van der Waals surface area contributed by atoms with Crippen LogP contribution in [-0.2, 0) is 14.8 Å². The molecule has 4 rings (SSSR count). The topological polar surface area (TPSA) is 79.6 Å². The van der Waals surface area contributed by atoms with Gasteiger partial charge in [0, 0.05) is 35.5 Å². The van der Waals surface area contributed by atoms with E-state index in [9.17, 15) is 17.6 Å². The molecular weight excluding hydrogens is 419 g/mol. The van der Waals surface area contributed by atoms with Gasteiger partial charge in [0.2, 0.25) is 15.9 Å². The zero-order valence-electron chi connectivity index (χ0n) is 16.8. The monoisotopic (exact) mass is 440 g/mol. The summed E-state index contributed by atoms with van der Waals surface area (Å²) in [5.74, 6) is -0.894. The Balaban J connectivity index is 1.41. The number of fused-ring (bicyclic) bond motifs is 3. The van der Waals surface area contributed by atoms with Crippen molar-refractivity contribution < 1.29 is 22.0 Å². The Labute approximate surface area is 179 Å². The standard InChI is InChI=1S/C23H21FN2O4S/c1-31(28,29)26(20-9-4-3-8-19(20)24)14-6-11-23(27)25-16-12-13-18-17-7-2-5-10-21(17)30-22(18)15-16/h2-5,7-10,12-13,15H,6,11,14H2,1H3,(H,25,27). The van der Waals surface area contributed by atoms with E-state index < -0.39 is 15.8 Å². The lowest BCUT2D eigenvalue weighted by molar-refractivity contribution is -0.116. The maximum atomic E-state index is 14.1. The van der Waals surface area contributed by atoms with Crippen LogP contribution in [0, 0.1) is 5.82 Å². The molecule has 1 heterocycles. The molecule has 6 nitrogen and oxygen atoms in total. The molecule has 0 aliphatic heterocycles. The average Bonchev–Trinajstić information content (AvgIpc) is 3.09. The molecule has 3 aromatic carbocycles. The summed E-state index contributed by atoms with van der Waals surface area (Å²) < 4.78 is 45.1. The van der Waals surface area contributed by atoms with Crippen LogP contribution in [0.2, 0.25) is 0 Å². The van der Waals surface area contributed by atoms with Crippen molar-refractivity contribution in [2.75, 3.05) is 22.4 Å². The van der Waals surface area contributed by atoms with Gasteiger partial charge in [0.25, 0.3) is 0 Å². The first kappa shape index (κ1) is 20.9.